The van der Waals surface area contributed by atoms with Crippen LogP contribution in [0.4, 0.5) is 0 Å². The summed E-state index contributed by atoms with van der Waals surface area (Å²) in [7, 11) is 0. The van der Waals surface area contributed by atoms with Crippen molar-refractivity contribution in [3.8, 4) is 17.6 Å². The lowest BCUT2D eigenvalue weighted by atomic mass is 10.2. The van der Waals surface area contributed by atoms with E-state index in [1.807, 2.05) is 13.0 Å². The fourth-order valence-corrected chi connectivity index (χ4v) is 1.74. The van der Waals surface area contributed by atoms with Gasteiger partial charge in [0.05, 0.1) is 18.2 Å². The van der Waals surface area contributed by atoms with Gasteiger partial charge in [0.2, 0.25) is 0 Å². The van der Waals surface area contributed by atoms with E-state index >= 15 is 0 Å². The first-order valence-corrected chi connectivity index (χ1v) is 6.47. The number of ether oxygens (including phenoxy) is 2. The first-order chi connectivity index (χ1) is 10.1. The van der Waals surface area contributed by atoms with Crippen LogP contribution in [0.3, 0.4) is 0 Å². The summed E-state index contributed by atoms with van der Waals surface area (Å²) >= 11 is 0. The highest BCUT2D eigenvalue weighted by Gasteiger charge is 2.14. The van der Waals surface area contributed by atoms with Crippen LogP contribution in [0.25, 0.3) is 0 Å². The summed E-state index contributed by atoms with van der Waals surface area (Å²) in [6.07, 6.45) is 0. The molecular formula is C16H14N2O3. The molecular weight excluding hydrogens is 268 g/mol. The van der Waals surface area contributed by atoms with Crippen molar-refractivity contribution in [2.45, 2.75) is 13.8 Å². The summed E-state index contributed by atoms with van der Waals surface area (Å²) in [4.78, 5) is 16.2. The summed E-state index contributed by atoms with van der Waals surface area (Å²) in [5.74, 6) is 0.0612. The molecule has 2 aromatic rings. The second-order valence-electron chi connectivity index (χ2n) is 4.26. The van der Waals surface area contributed by atoms with Crippen LogP contribution < -0.4 is 9.47 Å². The number of nitriles is 1. The highest BCUT2D eigenvalue weighted by Crippen LogP contribution is 2.28. The molecule has 5 heteroatoms. The third-order valence-corrected chi connectivity index (χ3v) is 2.67. The van der Waals surface area contributed by atoms with Crippen molar-refractivity contribution in [1.82, 2.24) is 4.98 Å². The van der Waals surface area contributed by atoms with Crippen molar-refractivity contribution in [1.29, 1.82) is 5.26 Å². The van der Waals surface area contributed by atoms with E-state index in [4.69, 9.17) is 14.7 Å². The van der Waals surface area contributed by atoms with Crippen LogP contribution >= 0.6 is 0 Å². The van der Waals surface area contributed by atoms with E-state index in [0.717, 1.165) is 5.69 Å². The molecule has 0 atom stereocenters. The van der Waals surface area contributed by atoms with Gasteiger partial charge in [-0.2, -0.15) is 5.26 Å². The van der Waals surface area contributed by atoms with E-state index < -0.39 is 5.97 Å². The van der Waals surface area contributed by atoms with Gasteiger partial charge in [-0.05, 0) is 38.1 Å². The average molecular weight is 282 g/mol. The fraction of sp³-hybridized carbons (Fsp3) is 0.188. The van der Waals surface area contributed by atoms with Crippen molar-refractivity contribution in [2.24, 2.45) is 0 Å². The average Bonchev–Trinajstić information content (AvgIpc) is 2.49. The molecule has 0 radical (unpaired) electrons. The van der Waals surface area contributed by atoms with Gasteiger partial charge in [0.15, 0.2) is 11.5 Å². The molecule has 5 nitrogen and oxygen atoms in total. The SMILES string of the molecule is CCOc1cc(C#N)ccc1OC(=O)c1cccc(C)n1. The number of rotatable bonds is 4. The smallest absolute Gasteiger partial charge is 0.362 e. The molecule has 106 valence electrons. The van der Waals surface area contributed by atoms with Gasteiger partial charge < -0.3 is 9.47 Å². The van der Waals surface area contributed by atoms with Crippen LogP contribution in [0.15, 0.2) is 36.4 Å². The van der Waals surface area contributed by atoms with Crippen LogP contribution in [0.5, 0.6) is 11.5 Å². The Morgan fingerprint density at radius 1 is 1.29 bits per heavy atom. The van der Waals surface area contributed by atoms with Gasteiger partial charge >= 0.3 is 5.97 Å². The predicted octanol–water partition coefficient (Wildman–Crippen LogP) is 2.88. The summed E-state index contributed by atoms with van der Waals surface area (Å²) in [5, 5.41) is 8.89. The summed E-state index contributed by atoms with van der Waals surface area (Å²) in [5.41, 5.74) is 1.39. The standard InChI is InChI=1S/C16H14N2O3/c1-3-20-15-9-12(10-17)7-8-14(15)21-16(19)13-6-4-5-11(2)18-13/h4-9H,3H2,1-2H3. The number of benzene rings is 1. The fourth-order valence-electron chi connectivity index (χ4n) is 1.74. The second-order valence-corrected chi connectivity index (χ2v) is 4.26. The Labute approximate surface area is 122 Å². The molecule has 1 aromatic carbocycles. The Balaban J connectivity index is 2.26. The molecule has 0 N–H and O–H groups in total. The number of carbonyl (C=O) groups is 1. The largest absolute Gasteiger partial charge is 0.490 e. The Morgan fingerprint density at radius 2 is 2.10 bits per heavy atom. The Hall–Kier alpha value is -2.87. The predicted molar refractivity (Wildman–Crippen MR) is 76.3 cm³/mol. The van der Waals surface area contributed by atoms with Crippen molar-refractivity contribution >= 4 is 5.97 Å². The quantitative estimate of drug-likeness (QED) is 0.637. The van der Waals surface area contributed by atoms with Crippen molar-refractivity contribution in [3.63, 3.8) is 0 Å². The first-order valence-electron chi connectivity index (χ1n) is 6.47. The minimum atomic E-state index is -0.565. The van der Waals surface area contributed by atoms with Crippen LogP contribution in [0.2, 0.25) is 0 Å². The van der Waals surface area contributed by atoms with Gasteiger partial charge in [0.25, 0.3) is 0 Å². The van der Waals surface area contributed by atoms with Crippen LogP contribution in [-0.4, -0.2) is 17.6 Å². The first kappa shape index (κ1) is 14.5. The molecule has 21 heavy (non-hydrogen) atoms. The maximum atomic E-state index is 12.1. The molecule has 0 aliphatic carbocycles. The molecule has 1 aromatic heterocycles. The molecule has 0 aliphatic rings. The molecule has 0 fully saturated rings. The maximum Gasteiger partial charge on any atom is 0.362 e. The van der Waals surface area contributed by atoms with E-state index in [0.29, 0.717) is 17.9 Å². The highest BCUT2D eigenvalue weighted by atomic mass is 16.6. The van der Waals surface area contributed by atoms with Crippen molar-refractivity contribution in [2.75, 3.05) is 6.61 Å². The molecule has 2 rings (SSSR count). The number of nitrogens with zero attached hydrogens (tertiary/aromatic N) is 2. The summed E-state index contributed by atoms with van der Waals surface area (Å²) < 4.78 is 10.7. The van der Waals surface area contributed by atoms with E-state index in [1.165, 1.54) is 12.1 Å². The van der Waals surface area contributed by atoms with Crippen LogP contribution in [0, 0.1) is 18.3 Å². The maximum absolute atomic E-state index is 12.1. The monoisotopic (exact) mass is 282 g/mol. The van der Waals surface area contributed by atoms with Gasteiger partial charge in [0.1, 0.15) is 5.69 Å². The van der Waals surface area contributed by atoms with Crippen molar-refractivity contribution < 1.29 is 14.3 Å². The lowest BCUT2D eigenvalue weighted by Gasteiger charge is -2.10. The zero-order chi connectivity index (χ0) is 15.2. The number of carbonyl (C=O) groups excluding carboxylic acids is 1. The van der Waals surface area contributed by atoms with E-state index in [-0.39, 0.29) is 11.4 Å². The van der Waals surface area contributed by atoms with Gasteiger partial charge in [-0.25, -0.2) is 9.78 Å². The molecule has 0 bridgehead atoms. The molecule has 0 saturated heterocycles. The molecule has 0 spiro atoms. The minimum Gasteiger partial charge on any atom is -0.490 e. The normalized spacial score (nSPS) is 9.76. The molecule has 0 saturated carbocycles. The van der Waals surface area contributed by atoms with E-state index in [1.54, 1.807) is 31.2 Å². The zero-order valence-corrected chi connectivity index (χ0v) is 11.8. The molecule has 0 amide bonds. The third-order valence-electron chi connectivity index (χ3n) is 2.67. The molecule has 0 aliphatic heterocycles. The summed E-state index contributed by atoms with van der Waals surface area (Å²) in [6.45, 7) is 4.01. The molecule has 0 unspecified atom stereocenters. The topological polar surface area (TPSA) is 72.2 Å². The minimum absolute atomic E-state index is 0.224. The Kier molecular flexibility index (Phi) is 4.52. The summed E-state index contributed by atoms with van der Waals surface area (Å²) in [6, 6.07) is 11.8. The Bertz CT molecular complexity index is 705. The van der Waals surface area contributed by atoms with Gasteiger partial charge in [-0.15, -0.1) is 0 Å². The van der Waals surface area contributed by atoms with Crippen molar-refractivity contribution in [3.05, 3.63) is 53.3 Å². The second kappa shape index (κ2) is 6.53. The molecule has 1 heterocycles. The zero-order valence-electron chi connectivity index (χ0n) is 11.8. The van der Waals surface area contributed by atoms with E-state index in [9.17, 15) is 4.79 Å². The highest BCUT2D eigenvalue weighted by molar-refractivity contribution is 5.89. The van der Waals surface area contributed by atoms with Gasteiger partial charge in [-0.3, -0.25) is 0 Å². The number of aromatic nitrogens is 1. The number of pyridine rings is 1. The lowest BCUT2D eigenvalue weighted by molar-refractivity contribution is 0.0722. The van der Waals surface area contributed by atoms with Gasteiger partial charge in [0, 0.05) is 11.8 Å². The number of hydrogen-bond acceptors (Lipinski definition) is 5. The van der Waals surface area contributed by atoms with Crippen LogP contribution in [0.1, 0.15) is 28.7 Å². The van der Waals surface area contributed by atoms with Gasteiger partial charge in [-0.1, -0.05) is 6.07 Å². The van der Waals surface area contributed by atoms with E-state index in [2.05, 4.69) is 4.98 Å². The lowest BCUT2D eigenvalue weighted by Crippen LogP contribution is -2.12. The number of hydrogen-bond donors (Lipinski definition) is 0. The Morgan fingerprint density at radius 3 is 2.76 bits per heavy atom. The number of aryl methyl sites for hydroxylation is 1. The third kappa shape index (κ3) is 3.57. The van der Waals surface area contributed by atoms with Crippen LogP contribution in [-0.2, 0) is 0 Å². The number of esters is 1.